The Morgan fingerprint density at radius 3 is 2.58 bits per heavy atom. The Kier molecular flexibility index (Phi) is 1.46. The zero-order chi connectivity index (χ0) is 8.60. The van der Waals surface area contributed by atoms with Crippen LogP contribution in [0.2, 0.25) is 0 Å². The van der Waals surface area contributed by atoms with Crippen molar-refractivity contribution in [1.29, 1.82) is 0 Å². The van der Waals surface area contributed by atoms with Gasteiger partial charge in [0.1, 0.15) is 0 Å². The molecule has 2 heterocycles. The molecule has 0 radical (unpaired) electrons. The van der Waals surface area contributed by atoms with Gasteiger partial charge in [0.25, 0.3) is 0 Å². The molecule has 0 amide bonds. The summed E-state index contributed by atoms with van der Waals surface area (Å²) >= 11 is 0. The number of esters is 1. The van der Waals surface area contributed by atoms with Crippen molar-refractivity contribution in [3.05, 3.63) is 0 Å². The molecule has 0 atom stereocenters. The number of cyclic esters (lactones) is 1. The van der Waals surface area contributed by atoms with Gasteiger partial charge in [-0.1, -0.05) is 0 Å². The van der Waals surface area contributed by atoms with E-state index in [9.17, 15) is 9.59 Å². The molecule has 2 rings (SSSR count). The molecule has 0 N–H and O–H groups in total. The van der Waals surface area contributed by atoms with E-state index in [-0.39, 0.29) is 0 Å². The molecule has 0 aromatic carbocycles. The highest BCUT2D eigenvalue weighted by molar-refractivity contribution is 5.86. The smallest absolute Gasteiger partial charge is 0.460 e. The number of carbonyl (C=O) groups is 2. The van der Waals surface area contributed by atoms with Gasteiger partial charge in [-0.2, -0.15) is 0 Å². The molecule has 0 unspecified atom stereocenters. The Bertz CT molecular complexity index is 226. The fourth-order valence-electron chi connectivity index (χ4n) is 1.30. The molecule has 2 aliphatic heterocycles. The normalized spacial score (nSPS) is 26.3. The molecule has 0 saturated carbocycles. The van der Waals surface area contributed by atoms with Gasteiger partial charge >= 0.3 is 17.9 Å². The van der Waals surface area contributed by atoms with E-state index in [4.69, 9.17) is 4.74 Å². The van der Waals surface area contributed by atoms with E-state index in [1.807, 2.05) is 0 Å². The largest absolute Gasteiger partial charge is 0.515 e. The average Bonchev–Trinajstić information content (AvgIpc) is 2.14. The number of rotatable bonds is 0. The Morgan fingerprint density at radius 2 is 1.92 bits per heavy atom. The minimum Gasteiger partial charge on any atom is -0.460 e. The maximum Gasteiger partial charge on any atom is 0.515 e. The lowest BCUT2D eigenvalue weighted by atomic mass is 10.1. The van der Waals surface area contributed by atoms with Crippen LogP contribution in [0.3, 0.4) is 0 Å². The van der Waals surface area contributed by atoms with Crippen molar-refractivity contribution in [2.45, 2.75) is 25.0 Å². The maximum atomic E-state index is 11.1. The van der Waals surface area contributed by atoms with Crippen LogP contribution >= 0.6 is 0 Å². The van der Waals surface area contributed by atoms with Gasteiger partial charge in [-0.25, -0.2) is 9.59 Å². The van der Waals surface area contributed by atoms with Crippen LogP contribution < -0.4 is 0 Å². The fraction of sp³-hybridized carbons (Fsp3) is 0.714. The molecule has 66 valence electrons. The van der Waals surface area contributed by atoms with E-state index >= 15 is 0 Å². The first-order valence-corrected chi connectivity index (χ1v) is 3.82. The van der Waals surface area contributed by atoms with Gasteiger partial charge < -0.3 is 14.2 Å². The molecule has 5 heteroatoms. The summed E-state index contributed by atoms with van der Waals surface area (Å²) in [7, 11) is 0. The average molecular weight is 172 g/mol. The first-order valence-electron chi connectivity index (χ1n) is 3.82. The third-order valence-corrected chi connectivity index (χ3v) is 1.94. The molecular weight excluding hydrogens is 164 g/mol. The van der Waals surface area contributed by atoms with Crippen LogP contribution in [0, 0.1) is 0 Å². The predicted octanol–water partition coefficient (Wildman–Crippen LogP) is 0.577. The molecule has 0 aliphatic carbocycles. The summed E-state index contributed by atoms with van der Waals surface area (Å²) in [6, 6.07) is 0. The Hall–Kier alpha value is -1.26. The Morgan fingerprint density at radius 1 is 1.17 bits per heavy atom. The zero-order valence-corrected chi connectivity index (χ0v) is 6.37. The van der Waals surface area contributed by atoms with Crippen LogP contribution in [-0.2, 0) is 19.0 Å². The third kappa shape index (κ3) is 0.929. The number of hydrogen-bond donors (Lipinski definition) is 0. The van der Waals surface area contributed by atoms with Crippen molar-refractivity contribution in [1.82, 2.24) is 0 Å². The van der Waals surface area contributed by atoms with Crippen LogP contribution in [0.5, 0.6) is 0 Å². The highest BCUT2D eigenvalue weighted by atomic mass is 16.9. The molecule has 2 fully saturated rings. The van der Waals surface area contributed by atoms with Gasteiger partial charge in [0.05, 0.1) is 6.61 Å². The molecule has 2 saturated heterocycles. The second kappa shape index (κ2) is 2.36. The second-order valence-corrected chi connectivity index (χ2v) is 2.80. The maximum absolute atomic E-state index is 11.1. The molecular formula is C7H8O5. The lowest BCUT2D eigenvalue weighted by molar-refractivity contribution is -0.272. The second-order valence-electron chi connectivity index (χ2n) is 2.80. The predicted molar refractivity (Wildman–Crippen MR) is 35.1 cm³/mol. The molecule has 5 nitrogen and oxygen atoms in total. The van der Waals surface area contributed by atoms with Gasteiger partial charge in [-0.05, 0) is 12.8 Å². The highest BCUT2D eigenvalue weighted by Crippen LogP contribution is 2.33. The summed E-state index contributed by atoms with van der Waals surface area (Å²) in [4.78, 5) is 21.5. The first-order chi connectivity index (χ1) is 5.73. The van der Waals surface area contributed by atoms with E-state index in [0.717, 1.165) is 12.8 Å². The summed E-state index contributed by atoms with van der Waals surface area (Å²) in [5.41, 5.74) is 0. The summed E-state index contributed by atoms with van der Waals surface area (Å²) in [6.45, 7) is 0.376. The first kappa shape index (κ1) is 7.39. The lowest BCUT2D eigenvalue weighted by Gasteiger charge is -2.35. The molecule has 1 spiro atoms. The van der Waals surface area contributed by atoms with Crippen LogP contribution in [0.15, 0.2) is 0 Å². The lowest BCUT2D eigenvalue weighted by Crippen LogP contribution is -2.56. The molecule has 2 aliphatic rings. The number of carbonyl (C=O) groups excluding carboxylic acids is 2. The summed E-state index contributed by atoms with van der Waals surface area (Å²) in [5.74, 6) is -1.98. The topological polar surface area (TPSA) is 61.8 Å². The van der Waals surface area contributed by atoms with Gasteiger partial charge in [0.2, 0.25) is 0 Å². The Labute approximate surface area is 68.6 Å². The van der Waals surface area contributed by atoms with Crippen LogP contribution in [-0.4, -0.2) is 24.5 Å². The minimum absolute atomic E-state index is 0.376. The van der Waals surface area contributed by atoms with E-state index < -0.39 is 17.9 Å². The zero-order valence-electron chi connectivity index (χ0n) is 6.37. The van der Waals surface area contributed by atoms with E-state index in [1.54, 1.807) is 0 Å². The van der Waals surface area contributed by atoms with E-state index in [0.29, 0.717) is 13.0 Å². The molecule has 0 bridgehead atoms. The number of ether oxygens (including phenoxy) is 3. The van der Waals surface area contributed by atoms with Crippen molar-refractivity contribution in [2.75, 3.05) is 6.61 Å². The fourth-order valence-corrected chi connectivity index (χ4v) is 1.30. The van der Waals surface area contributed by atoms with Crippen LogP contribution in [0.25, 0.3) is 0 Å². The highest BCUT2D eigenvalue weighted by Gasteiger charge is 2.57. The number of hydrogen-bond acceptors (Lipinski definition) is 5. The van der Waals surface area contributed by atoms with Gasteiger partial charge in [0, 0.05) is 6.42 Å². The molecule has 0 aromatic heterocycles. The van der Waals surface area contributed by atoms with Gasteiger partial charge in [0.15, 0.2) is 0 Å². The summed E-state index contributed by atoms with van der Waals surface area (Å²) in [6.07, 6.45) is 1.15. The SMILES string of the molecule is O=C1OC2(CCCCOC2=O)O1. The minimum atomic E-state index is -1.40. The molecule has 0 aromatic rings. The third-order valence-electron chi connectivity index (χ3n) is 1.94. The summed E-state index contributed by atoms with van der Waals surface area (Å²) < 4.78 is 14.0. The monoisotopic (exact) mass is 172 g/mol. The van der Waals surface area contributed by atoms with Crippen molar-refractivity contribution < 1.29 is 23.8 Å². The van der Waals surface area contributed by atoms with Gasteiger partial charge in [-0.3, -0.25) is 0 Å². The van der Waals surface area contributed by atoms with E-state index in [2.05, 4.69) is 9.47 Å². The van der Waals surface area contributed by atoms with Crippen molar-refractivity contribution in [3.8, 4) is 0 Å². The van der Waals surface area contributed by atoms with Crippen molar-refractivity contribution >= 4 is 12.1 Å². The van der Waals surface area contributed by atoms with Crippen molar-refractivity contribution in [3.63, 3.8) is 0 Å². The Balaban J connectivity index is 2.11. The summed E-state index contributed by atoms with van der Waals surface area (Å²) in [5, 5.41) is 0. The van der Waals surface area contributed by atoms with Crippen LogP contribution in [0.1, 0.15) is 19.3 Å². The van der Waals surface area contributed by atoms with Gasteiger partial charge in [-0.15, -0.1) is 0 Å². The van der Waals surface area contributed by atoms with Crippen LogP contribution in [0.4, 0.5) is 4.79 Å². The van der Waals surface area contributed by atoms with E-state index in [1.165, 1.54) is 0 Å². The van der Waals surface area contributed by atoms with Crippen molar-refractivity contribution in [2.24, 2.45) is 0 Å². The quantitative estimate of drug-likeness (QED) is 0.500. The standard InChI is InChI=1S/C7H8O5/c8-5-7(11-6(9)12-7)3-1-2-4-10-5/h1-4H2. The molecule has 12 heavy (non-hydrogen) atoms.